The molecule has 0 amide bonds. The lowest BCUT2D eigenvalue weighted by Crippen LogP contribution is -2.17. The van der Waals surface area contributed by atoms with Crippen LogP contribution in [-0.4, -0.2) is 8.42 Å². The summed E-state index contributed by atoms with van der Waals surface area (Å²) in [4.78, 5) is -0.0815. The average molecular weight is 308 g/mol. The molecular weight excluding hydrogens is 291 g/mol. The van der Waals surface area contributed by atoms with Gasteiger partial charge in [-0.2, -0.15) is 0 Å². The first kappa shape index (κ1) is 15.5. The summed E-state index contributed by atoms with van der Waals surface area (Å²) in [5.74, 6) is -0.596. The molecule has 4 nitrogen and oxygen atoms in total. The van der Waals surface area contributed by atoms with E-state index in [-0.39, 0.29) is 10.9 Å². The molecule has 6 heteroatoms. The fourth-order valence-electron chi connectivity index (χ4n) is 2.05. The molecule has 0 aliphatic carbocycles. The largest absolute Gasteiger partial charge is 0.324 e. The average Bonchev–Trinajstić information content (AvgIpc) is 2.41. The number of rotatable bonds is 4. The first-order valence-corrected chi connectivity index (χ1v) is 7.93. The van der Waals surface area contributed by atoms with E-state index in [1.165, 1.54) is 12.1 Å². The van der Waals surface area contributed by atoms with Crippen LogP contribution in [0.2, 0.25) is 0 Å². The molecule has 21 heavy (non-hydrogen) atoms. The standard InChI is InChI=1S/C15H17FN2O2S/c1-10-7-8-12(16)9-15(10)21(19,20)18-14-6-4-3-5-13(14)11(2)17/h3-9,11,18H,17H2,1-2H3. The Balaban J connectivity index is 2.45. The molecule has 2 aromatic rings. The number of hydrogen-bond donors (Lipinski definition) is 2. The number of aryl methyl sites for hydroxylation is 1. The molecule has 0 aliphatic rings. The van der Waals surface area contributed by atoms with Gasteiger partial charge in [0.2, 0.25) is 0 Å². The highest BCUT2D eigenvalue weighted by Crippen LogP contribution is 2.25. The van der Waals surface area contributed by atoms with Crippen LogP contribution in [0.3, 0.4) is 0 Å². The van der Waals surface area contributed by atoms with Gasteiger partial charge in [-0.15, -0.1) is 0 Å². The Bertz CT molecular complexity index is 758. The van der Waals surface area contributed by atoms with E-state index in [2.05, 4.69) is 4.72 Å². The number of hydrogen-bond acceptors (Lipinski definition) is 3. The van der Waals surface area contributed by atoms with E-state index in [1.54, 1.807) is 38.1 Å². The summed E-state index contributed by atoms with van der Waals surface area (Å²) in [7, 11) is -3.87. The zero-order valence-corrected chi connectivity index (χ0v) is 12.6. The molecule has 3 N–H and O–H groups in total. The van der Waals surface area contributed by atoms with Crippen molar-refractivity contribution < 1.29 is 12.8 Å². The van der Waals surface area contributed by atoms with Gasteiger partial charge < -0.3 is 5.73 Å². The quantitative estimate of drug-likeness (QED) is 0.912. The van der Waals surface area contributed by atoms with Crippen molar-refractivity contribution in [1.29, 1.82) is 0 Å². The van der Waals surface area contributed by atoms with Crippen LogP contribution in [0.1, 0.15) is 24.1 Å². The molecule has 0 spiro atoms. The van der Waals surface area contributed by atoms with Crippen LogP contribution >= 0.6 is 0 Å². The van der Waals surface area contributed by atoms with Crippen molar-refractivity contribution in [2.45, 2.75) is 24.8 Å². The Kier molecular flexibility index (Phi) is 4.29. The maximum Gasteiger partial charge on any atom is 0.262 e. The van der Waals surface area contributed by atoms with E-state index in [1.807, 2.05) is 0 Å². The topological polar surface area (TPSA) is 72.2 Å². The van der Waals surface area contributed by atoms with Crippen molar-refractivity contribution in [1.82, 2.24) is 0 Å². The number of sulfonamides is 1. The second kappa shape index (κ2) is 5.83. The minimum atomic E-state index is -3.87. The predicted octanol–water partition coefficient (Wildman–Crippen LogP) is 2.95. The molecule has 2 rings (SSSR count). The van der Waals surface area contributed by atoms with Crippen LogP contribution in [0.5, 0.6) is 0 Å². The fourth-order valence-corrected chi connectivity index (χ4v) is 3.40. The zero-order chi connectivity index (χ0) is 15.6. The van der Waals surface area contributed by atoms with Gasteiger partial charge in [0, 0.05) is 6.04 Å². The molecule has 2 aromatic carbocycles. The van der Waals surface area contributed by atoms with Crippen molar-refractivity contribution in [3.05, 3.63) is 59.4 Å². The Morgan fingerprint density at radius 3 is 2.52 bits per heavy atom. The molecule has 0 saturated heterocycles. The van der Waals surface area contributed by atoms with E-state index in [0.29, 0.717) is 16.8 Å². The maximum atomic E-state index is 13.3. The Morgan fingerprint density at radius 1 is 1.19 bits per heavy atom. The van der Waals surface area contributed by atoms with Crippen LogP contribution in [0.4, 0.5) is 10.1 Å². The smallest absolute Gasteiger partial charge is 0.262 e. The van der Waals surface area contributed by atoms with Crippen LogP contribution in [0.15, 0.2) is 47.4 Å². The summed E-state index contributed by atoms with van der Waals surface area (Å²) in [6.45, 7) is 3.38. The van der Waals surface area contributed by atoms with Gasteiger partial charge in [-0.3, -0.25) is 4.72 Å². The lowest BCUT2D eigenvalue weighted by Gasteiger charge is -2.15. The Morgan fingerprint density at radius 2 is 1.86 bits per heavy atom. The maximum absolute atomic E-state index is 13.3. The molecule has 112 valence electrons. The van der Waals surface area contributed by atoms with Crippen molar-refractivity contribution >= 4 is 15.7 Å². The van der Waals surface area contributed by atoms with Crippen LogP contribution in [0.25, 0.3) is 0 Å². The first-order valence-electron chi connectivity index (χ1n) is 6.45. The van der Waals surface area contributed by atoms with E-state index in [4.69, 9.17) is 5.73 Å². The second-order valence-corrected chi connectivity index (χ2v) is 6.54. The van der Waals surface area contributed by atoms with Crippen molar-refractivity contribution in [3.63, 3.8) is 0 Å². The Labute approximate surface area is 123 Å². The van der Waals surface area contributed by atoms with Gasteiger partial charge >= 0.3 is 0 Å². The summed E-state index contributed by atoms with van der Waals surface area (Å²) < 4.78 is 40.7. The van der Waals surface area contributed by atoms with Crippen LogP contribution < -0.4 is 10.5 Å². The van der Waals surface area contributed by atoms with Crippen LogP contribution in [-0.2, 0) is 10.0 Å². The summed E-state index contributed by atoms with van der Waals surface area (Å²) in [6, 6.07) is 10.2. The van der Waals surface area contributed by atoms with Crippen molar-refractivity contribution in [3.8, 4) is 0 Å². The summed E-state index contributed by atoms with van der Waals surface area (Å²) in [6.07, 6.45) is 0. The van der Waals surface area contributed by atoms with Gasteiger partial charge in [0.05, 0.1) is 10.6 Å². The second-order valence-electron chi connectivity index (χ2n) is 4.89. The SMILES string of the molecule is Cc1ccc(F)cc1S(=O)(=O)Nc1ccccc1C(C)N. The summed E-state index contributed by atoms with van der Waals surface area (Å²) >= 11 is 0. The van der Waals surface area contributed by atoms with E-state index < -0.39 is 15.8 Å². The molecule has 0 aliphatic heterocycles. The highest BCUT2D eigenvalue weighted by Gasteiger charge is 2.19. The summed E-state index contributed by atoms with van der Waals surface area (Å²) in [5.41, 5.74) is 7.38. The number of nitrogens with one attached hydrogen (secondary N) is 1. The van der Waals surface area contributed by atoms with Crippen LogP contribution in [0, 0.1) is 12.7 Å². The lowest BCUT2D eigenvalue weighted by atomic mass is 10.1. The number of nitrogens with two attached hydrogens (primary N) is 1. The van der Waals surface area contributed by atoms with E-state index in [9.17, 15) is 12.8 Å². The minimum absolute atomic E-state index is 0.0815. The molecule has 0 saturated carbocycles. The molecule has 0 heterocycles. The Hall–Kier alpha value is -1.92. The van der Waals surface area contributed by atoms with Gasteiger partial charge in [-0.1, -0.05) is 24.3 Å². The summed E-state index contributed by atoms with van der Waals surface area (Å²) in [5, 5.41) is 0. The fraction of sp³-hybridized carbons (Fsp3) is 0.200. The predicted molar refractivity (Wildman–Crippen MR) is 81.0 cm³/mol. The van der Waals surface area contributed by atoms with Gasteiger partial charge in [0.15, 0.2) is 0 Å². The molecule has 1 atom stereocenters. The van der Waals surface area contributed by atoms with Gasteiger partial charge in [-0.25, -0.2) is 12.8 Å². The monoisotopic (exact) mass is 308 g/mol. The highest BCUT2D eigenvalue weighted by atomic mass is 32.2. The molecule has 0 aromatic heterocycles. The van der Waals surface area contributed by atoms with Gasteiger partial charge in [0.1, 0.15) is 5.82 Å². The third kappa shape index (κ3) is 3.40. The molecular formula is C15H17FN2O2S. The van der Waals surface area contributed by atoms with E-state index >= 15 is 0 Å². The molecule has 1 unspecified atom stereocenters. The van der Waals surface area contributed by atoms with Gasteiger partial charge in [-0.05, 0) is 43.2 Å². The molecule has 0 bridgehead atoms. The van der Waals surface area contributed by atoms with Crippen molar-refractivity contribution in [2.75, 3.05) is 4.72 Å². The first-order chi connectivity index (χ1) is 9.81. The van der Waals surface area contributed by atoms with Crippen molar-refractivity contribution in [2.24, 2.45) is 5.73 Å². The normalized spacial score (nSPS) is 13.0. The minimum Gasteiger partial charge on any atom is -0.324 e. The number of halogens is 1. The number of anilines is 1. The molecule has 0 fully saturated rings. The lowest BCUT2D eigenvalue weighted by molar-refractivity contribution is 0.594. The number of para-hydroxylation sites is 1. The number of benzene rings is 2. The highest BCUT2D eigenvalue weighted by molar-refractivity contribution is 7.92. The third-order valence-corrected chi connectivity index (χ3v) is 4.64. The van der Waals surface area contributed by atoms with E-state index in [0.717, 1.165) is 6.07 Å². The molecule has 0 radical (unpaired) electrons. The van der Waals surface area contributed by atoms with Gasteiger partial charge in [0.25, 0.3) is 10.0 Å². The zero-order valence-electron chi connectivity index (χ0n) is 11.8. The third-order valence-electron chi connectivity index (χ3n) is 3.14.